The molecule has 2 saturated carbocycles. The molecule has 0 saturated heterocycles. The van der Waals surface area contributed by atoms with E-state index in [0.717, 1.165) is 30.3 Å². The average molecular weight is 266 g/mol. The lowest BCUT2D eigenvalue weighted by Gasteiger charge is -2.54. The van der Waals surface area contributed by atoms with E-state index in [2.05, 4.69) is 32.7 Å². The highest BCUT2D eigenvalue weighted by Crippen LogP contribution is 2.42. The Kier molecular flexibility index (Phi) is 4.94. The molecule has 19 heavy (non-hydrogen) atoms. The number of hydrogen-bond donors (Lipinski definition) is 1. The first-order chi connectivity index (χ1) is 8.99. The molecule has 2 heteroatoms. The van der Waals surface area contributed by atoms with Gasteiger partial charge in [0.05, 0.1) is 0 Å². The Hall–Kier alpha value is -0.0800. The lowest BCUT2D eigenvalue weighted by molar-refractivity contribution is -0.0259. The minimum Gasteiger partial charge on any atom is -0.329 e. The van der Waals surface area contributed by atoms with Crippen molar-refractivity contribution >= 4 is 0 Å². The van der Waals surface area contributed by atoms with E-state index in [0.29, 0.717) is 0 Å². The highest BCUT2D eigenvalue weighted by Gasteiger charge is 2.45. The molecule has 2 rings (SSSR count). The van der Waals surface area contributed by atoms with Crippen LogP contribution in [0.25, 0.3) is 0 Å². The average Bonchev–Trinajstić information content (AvgIpc) is 2.41. The van der Waals surface area contributed by atoms with Gasteiger partial charge in [0.15, 0.2) is 0 Å². The predicted octanol–water partition coefficient (Wildman–Crippen LogP) is 3.65. The van der Waals surface area contributed by atoms with Crippen LogP contribution in [0.1, 0.15) is 65.7 Å². The molecule has 0 amide bonds. The summed E-state index contributed by atoms with van der Waals surface area (Å²) in [6.45, 7) is 8.08. The van der Waals surface area contributed by atoms with Crippen LogP contribution in [0.5, 0.6) is 0 Å². The molecule has 0 heterocycles. The van der Waals surface area contributed by atoms with Gasteiger partial charge in [-0.1, -0.05) is 27.2 Å². The molecule has 0 spiro atoms. The molecule has 0 aromatic heterocycles. The Labute approximate surface area is 120 Å². The molecule has 0 aromatic carbocycles. The lowest BCUT2D eigenvalue weighted by atomic mass is 9.67. The Morgan fingerprint density at radius 1 is 0.947 bits per heavy atom. The maximum absolute atomic E-state index is 6.28. The van der Waals surface area contributed by atoms with Crippen LogP contribution in [0, 0.1) is 17.8 Å². The van der Waals surface area contributed by atoms with Crippen LogP contribution in [0.15, 0.2) is 0 Å². The third kappa shape index (κ3) is 3.00. The monoisotopic (exact) mass is 266 g/mol. The van der Waals surface area contributed by atoms with Gasteiger partial charge in [-0.25, -0.2) is 0 Å². The van der Waals surface area contributed by atoms with Crippen molar-refractivity contribution in [3.8, 4) is 0 Å². The fraction of sp³-hybridized carbons (Fsp3) is 1.00. The predicted molar refractivity (Wildman–Crippen MR) is 83.1 cm³/mol. The second-order valence-corrected chi connectivity index (χ2v) is 7.62. The van der Waals surface area contributed by atoms with Crippen molar-refractivity contribution in [1.29, 1.82) is 0 Å². The molecule has 3 atom stereocenters. The molecule has 0 aromatic rings. The van der Waals surface area contributed by atoms with Gasteiger partial charge in [0.2, 0.25) is 0 Å². The van der Waals surface area contributed by atoms with Crippen molar-refractivity contribution < 1.29 is 0 Å². The summed E-state index contributed by atoms with van der Waals surface area (Å²) in [5.41, 5.74) is 6.55. The van der Waals surface area contributed by atoms with E-state index in [1.54, 1.807) is 0 Å². The summed E-state index contributed by atoms with van der Waals surface area (Å²) in [4.78, 5) is 2.71. The summed E-state index contributed by atoms with van der Waals surface area (Å²) in [6.07, 6.45) is 9.59. The van der Waals surface area contributed by atoms with Gasteiger partial charge in [-0.15, -0.1) is 0 Å². The zero-order valence-corrected chi connectivity index (χ0v) is 13.5. The Bertz CT molecular complexity index is 283. The smallest absolute Gasteiger partial charge is 0.0359 e. The molecule has 0 radical (unpaired) electrons. The van der Waals surface area contributed by atoms with Crippen LogP contribution in [0.3, 0.4) is 0 Å². The number of hydrogen-bond acceptors (Lipinski definition) is 2. The standard InChI is InChI=1S/C17H34N2/c1-13-6-9-16(10-7-13)19(4)17(12-18)11-14(2)5-8-15(17)3/h13-16H,5-12,18H2,1-4H3. The topological polar surface area (TPSA) is 29.3 Å². The summed E-state index contributed by atoms with van der Waals surface area (Å²) in [7, 11) is 2.36. The summed E-state index contributed by atoms with van der Waals surface area (Å²) in [6, 6.07) is 0.771. The lowest BCUT2D eigenvalue weighted by Crippen LogP contribution is -2.62. The van der Waals surface area contributed by atoms with Crippen molar-refractivity contribution in [3.05, 3.63) is 0 Å². The van der Waals surface area contributed by atoms with Gasteiger partial charge in [0, 0.05) is 18.1 Å². The minimum atomic E-state index is 0.267. The number of rotatable bonds is 3. The normalized spacial score (nSPS) is 44.5. The SMILES string of the molecule is CC1CCC(N(C)C2(CN)CC(C)CCC2C)CC1. The Morgan fingerprint density at radius 2 is 1.53 bits per heavy atom. The third-order valence-corrected chi connectivity index (χ3v) is 6.30. The van der Waals surface area contributed by atoms with E-state index in [1.165, 1.54) is 44.9 Å². The molecule has 2 nitrogen and oxygen atoms in total. The van der Waals surface area contributed by atoms with Gasteiger partial charge in [-0.2, -0.15) is 0 Å². The van der Waals surface area contributed by atoms with Gasteiger partial charge in [-0.05, 0) is 63.3 Å². The summed E-state index contributed by atoms with van der Waals surface area (Å²) in [5, 5.41) is 0. The van der Waals surface area contributed by atoms with E-state index in [1.807, 2.05) is 0 Å². The molecule has 2 N–H and O–H groups in total. The van der Waals surface area contributed by atoms with Crippen LogP contribution in [0.4, 0.5) is 0 Å². The van der Waals surface area contributed by atoms with Crippen molar-refractivity contribution in [2.75, 3.05) is 13.6 Å². The van der Waals surface area contributed by atoms with E-state index in [4.69, 9.17) is 5.73 Å². The number of nitrogens with two attached hydrogens (primary N) is 1. The maximum Gasteiger partial charge on any atom is 0.0359 e. The van der Waals surface area contributed by atoms with Crippen LogP contribution in [-0.2, 0) is 0 Å². The van der Waals surface area contributed by atoms with Crippen LogP contribution in [-0.4, -0.2) is 30.1 Å². The van der Waals surface area contributed by atoms with Crippen LogP contribution >= 0.6 is 0 Å². The van der Waals surface area contributed by atoms with Crippen molar-refractivity contribution in [2.24, 2.45) is 23.5 Å². The van der Waals surface area contributed by atoms with Crippen molar-refractivity contribution in [3.63, 3.8) is 0 Å². The Balaban J connectivity index is 2.10. The van der Waals surface area contributed by atoms with E-state index < -0.39 is 0 Å². The summed E-state index contributed by atoms with van der Waals surface area (Å²) in [5.74, 6) is 2.52. The zero-order valence-electron chi connectivity index (χ0n) is 13.5. The van der Waals surface area contributed by atoms with Crippen LogP contribution < -0.4 is 5.73 Å². The van der Waals surface area contributed by atoms with Gasteiger partial charge >= 0.3 is 0 Å². The van der Waals surface area contributed by atoms with Gasteiger partial charge in [0.1, 0.15) is 0 Å². The minimum absolute atomic E-state index is 0.267. The third-order valence-electron chi connectivity index (χ3n) is 6.30. The first-order valence-corrected chi connectivity index (χ1v) is 8.42. The first kappa shape index (κ1) is 15.3. The molecule has 2 fully saturated rings. The maximum atomic E-state index is 6.28. The largest absolute Gasteiger partial charge is 0.329 e. The molecular formula is C17H34N2. The molecule has 2 aliphatic rings. The summed E-state index contributed by atoms with van der Waals surface area (Å²) >= 11 is 0. The number of likely N-dealkylation sites (N-methyl/N-ethyl adjacent to an activating group) is 1. The number of nitrogens with zero attached hydrogens (tertiary/aromatic N) is 1. The molecule has 0 aliphatic heterocycles. The van der Waals surface area contributed by atoms with E-state index >= 15 is 0 Å². The van der Waals surface area contributed by atoms with Crippen molar-refractivity contribution in [2.45, 2.75) is 77.3 Å². The van der Waals surface area contributed by atoms with Gasteiger partial charge < -0.3 is 5.73 Å². The highest BCUT2D eigenvalue weighted by atomic mass is 15.2. The zero-order chi connectivity index (χ0) is 14.0. The summed E-state index contributed by atoms with van der Waals surface area (Å²) < 4.78 is 0. The highest BCUT2D eigenvalue weighted by molar-refractivity contribution is 5.01. The molecule has 2 aliphatic carbocycles. The second-order valence-electron chi connectivity index (χ2n) is 7.62. The molecular weight excluding hydrogens is 232 g/mol. The van der Waals surface area contributed by atoms with Gasteiger partial charge in [0.25, 0.3) is 0 Å². The van der Waals surface area contributed by atoms with Crippen LogP contribution in [0.2, 0.25) is 0 Å². The van der Waals surface area contributed by atoms with Gasteiger partial charge in [-0.3, -0.25) is 4.90 Å². The van der Waals surface area contributed by atoms with Crippen molar-refractivity contribution in [1.82, 2.24) is 4.90 Å². The fourth-order valence-electron chi connectivity index (χ4n) is 4.62. The molecule has 3 unspecified atom stereocenters. The fourth-order valence-corrected chi connectivity index (χ4v) is 4.62. The van der Waals surface area contributed by atoms with E-state index in [-0.39, 0.29) is 5.54 Å². The second kappa shape index (κ2) is 6.13. The molecule has 0 bridgehead atoms. The first-order valence-electron chi connectivity index (χ1n) is 8.42. The van der Waals surface area contributed by atoms with E-state index in [9.17, 15) is 0 Å². The quantitative estimate of drug-likeness (QED) is 0.845. The molecule has 112 valence electrons. The Morgan fingerprint density at radius 3 is 2.11 bits per heavy atom.